The van der Waals surface area contributed by atoms with Crippen molar-refractivity contribution in [3.05, 3.63) is 12.3 Å². The van der Waals surface area contributed by atoms with E-state index in [0.29, 0.717) is 0 Å². The number of hydrogen-bond donors (Lipinski definition) is 3. The summed E-state index contributed by atoms with van der Waals surface area (Å²) >= 11 is 0. The zero-order valence-electron chi connectivity index (χ0n) is 8.67. The molecule has 0 spiro atoms. The van der Waals surface area contributed by atoms with Gasteiger partial charge < -0.3 is 5.11 Å². The first-order valence-corrected chi connectivity index (χ1v) is 6.13. The summed E-state index contributed by atoms with van der Waals surface area (Å²) in [6.45, 7) is 1.61. The Morgan fingerprint density at radius 3 is 2.88 bits per heavy atom. The third kappa shape index (κ3) is 3.63. The largest absolute Gasteiger partial charge is 0.481 e. The van der Waals surface area contributed by atoms with Gasteiger partial charge in [-0.2, -0.15) is 5.10 Å². The second-order valence-corrected chi connectivity index (χ2v) is 5.06. The smallest absolute Gasteiger partial charge is 0.303 e. The van der Waals surface area contributed by atoms with Crippen LogP contribution in [0.4, 0.5) is 0 Å². The Kier molecular flexibility index (Phi) is 4.02. The molecule has 1 heterocycles. The molecule has 1 unspecified atom stereocenters. The molecule has 0 aliphatic heterocycles. The molecular weight excluding hydrogens is 234 g/mol. The molecule has 1 aromatic rings. The van der Waals surface area contributed by atoms with E-state index in [1.165, 1.54) is 12.3 Å². The molecule has 0 saturated carbocycles. The van der Waals surface area contributed by atoms with Gasteiger partial charge in [-0.05, 0) is 19.4 Å². The first-order valence-electron chi connectivity index (χ1n) is 4.65. The number of hydrogen-bond acceptors (Lipinski definition) is 4. The van der Waals surface area contributed by atoms with E-state index in [4.69, 9.17) is 5.11 Å². The Labute approximate surface area is 92.9 Å². The Morgan fingerprint density at radius 2 is 2.38 bits per heavy atom. The molecule has 90 valence electrons. The van der Waals surface area contributed by atoms with Crippen LogP contribution < -0.4 is 4.72 Å². The first-order chi connectivity index (χ1) is 7.42. The fraction of sp³-hybridized carbons (Fsp3) is 0.500. The molecule has 8 heteroatoms. The highest BCUT2D eigenvalue weighted by Gasteiger charge is 2.18. The maximum absolute atomic E-state index is 11.6. The van der Waals surface area contributed by atoms with Crippen LogP contribution in [-0.2, 0) is 14.8 Å². The molecule has 1 rings (SSSR count). The second kappa shape index (κ2) is 5.08. The Morgan fingerprint density at radius 1 is 1.69 bits per heavy atom. The van der Waals surface area contributed by atoms with Crippen LogP contribution >= 0.6 is 0 Å². The Balaban J connectivity index is 2.57. The number of carboxylic acid groups (broad SMARTS) is 1. The molecule has 0 aliphatic rings. The van der Waals surface area contributed by atoms with Gasteiger partial charge in [-0.25, -0.2) is 13.1 Å². The summed E-state index contributed by atoms with van der Waals surface area (Å²) in [4.78, 5) is 10.3. The maximum Gasteiger partial charge on any atom is 0.303 e. The molecule has 16 heavy (non-hydrogen) atoms. The van der Waals surface area contributed by atoms with Crippen LogP contribution in [0.3, 0.4) is 0 Å². The Hall–Kier alpha value is -1.41. The minimum atomic E-state index is -3.63. The van der Waals surface area contributed by atoms with E-state index < -0.39 is 22.0 Å². The van der Waals surface area contributed by atoms with Crippen molar-refractivity contribution in [2.75, 3.05) is 0 Å². The number of aromatic nitrogens is 2. The third-order valence-corrected chi connectivity index (χ3v) is 3.43. The van der Waals surface area contributed by atoms with Crippen molar-refractivity contribution in [3.8, 4) is 0 Å². The van der Waals surface area contributed by atoms with E-state index in [1.807, 2.05) is 0 Å². The molecule has 1 atom stereocenters. The number of carboxylic acids is 1. The molecule has 1 aromatic heterocycles. The van der Waals surface area contributed by atoms with E-state index in [9.17, 15) is 13.2 Å². The average Bonchev–Trinajstić information content (AvgIpc) is 2.67. The van der Waals surface area contributed by atoms with Crippen LogP contribution in [0.25, 0.3) is 0 Å². The van der Waals surface area contributed by atoms with Crippen molar-refractivity contribution in [1.29, 1.82) is 0 Å². The van der Waals surface area contributed by atoms with Crippen LogP contribution in [0.2, 0.25) is 0 Å². The van der Waals surface area contributed by atoms with E-state index in [-0.39, 0.29) is 17.9 Å². The predicted molar refractivity (Wildman–Crippen MR) is 55.2 cm³/mol. The van der Waals surface area contributed by atoms with Crippen LogP contribution in [0.15, 0.2) is 17.3 Å². The van der Waals surface area contributed by atoms with Gasteiger partial charge in [-0.1, -0.05) is 0 Å². The van der Waals surface area contributed by atoms with E-state index >= 15 is 0 Å². The Bertz CT molecular complexity index is 440. The lowest BCUT2D eigenvalue weighted by Crippen LogP contribution is -2.33. The summed E-state index contributed by atoms with van der Waals surface area (Å²) in [7, 11) is -3.63. The average molecular weight is 247 g/mol. The molecule has 0 radical (unpaired) electrons. The van der Waals surface area contributed by atoms with Crippen LogP contribution in [0, 0.1) is 0 Å². The maximum atomic E-state index is 11.6. The zero-order chi connectivity index (χ0) is 12.2. The highest BCUT2D eigenvalue weighted by molar-refractivity contribution is 7.89. The van der Waals surface area contributed by atoms with Gasteiger partial charge in [-0.15, -0.1) is 0 Å². The van der Waals surface area contributed by atoms with Gasteiger partial charge in [0.15, 0.2) is 5.03 Å². The lowest BCUT2D eigenvalue weighted by molar-refractivity contribution is -0.137. The van der Waals surface area contributed by atoms with Gasteiger partial charge in [-0.3, -0.25) is 9.89 Å². The van der Waals surface area contributed by atoms with E-state index in [1.54, 1.807) is 6.92 Å². The number of sulfonamides is 1. The fourth-order valence-corrected chi connectivity index (χ4v) is 2.31. The lowest BCUT2D eigenvalue weighted by Gasteiger charge is -2.11. The number of H-pyrrole nitrogens is 1. The minimum absolute atomic E-state index is 0.0327. The highest BCUT2D eigenvalue weighted by Crippen LogP contribution is 2.06. The van der Waals surface area contributed by atoms with Gasteiger partial charge in [0.1, 0.15) is 0 Å². The number of aromatic amines is 1. The number of nitrogens with zero attached hydrogens (tertiary/aromatic N) is 1. The third-order valence-electron chi connectivity index (χ3n) is 1.91. The van der Waals surface area contributed by atoms with Crippen LogP contribution in [0.5, 0.6) is 0 Å². The van der Waals surface area contributed by atoms with Crippen molar-refractivity contribution in [2.24, 2.45) is 0 Å². The quantitative estimate of drug-likeness (QED) is 0.652. The second-order valence-electron chi connectivity index (χ2n) is 3.38. The van der Waals surface area contributed by atoms with Crippen molar-refractivity contribution in [2.45, 2.75) is 30.8 Å². The molecule has 7 nitrogen and oxygen atoms in total. The number of aliphatic carboxylic acids is 1. The summed E-state index contributed by atoms with van der Waals surface area (Å²) in [5, 5.41) is 14.3. The van der Waals surface area contributed by atoms with Gasteiger partial charge in [0, 0.05) is 12.5 Å². The molecule has 0 bridgehead atoms. The number of rotatable bonds is 6. The van der Waals surface area contributed by atoms with Crippen molar-refractivity contribution >= 4 is 16.0 Å². The van der Waals surface area contributed by atoms with Gasteiger partial charge in [0.2, 0.25) is 0 Å². The summed E-state index contributed by atoms with van der Waals surface area (Å²) in [5.41, 5.74) is 0. The summed E-state index contributed by atoms with van der Waals surface area (Å²) in [6, 6.07) is 0.885. The monoisotopic (exact) mass is 247 g/mol. The molecule has 0 aliphatic carbocycles. The zero-order valence-corrected chi connectivity index (χ0v) is 9.49. The molecule has 0 aromatic carbocycles. The molecule has 3 N–H and O–H groups in total. The normalized spacial score (nSPS) is 13.6. The predicted octanol–water partition coefficient (Wildman–Crippen LogP) is -0.0587. The van der Waals surface area contributed by atoms with Crippen molar-refractivity contribution in [3.63, 3.8) is 0 Å². The first kappa shape index (κ1) is 12.7. The molecular formula is C8H13N3O4S. The van der Waals surface area contributed by atoms with Gasteiger partial charge in [0.05, 0.1) is 6.20 Å². The summed E-state index contributed by atoms with van der Waals surface area (Å²) in [6.07, 6.45) is 1.49. The number of carbonyl (C=O) groups is 1. The number of nitrogens with one attached hydrogen (secondary N) is 2. The minimum Gasteiger partial charge on any atom is -0.481 e. The van der Waals surface area contributed by atoms with Gasteiger partial charge in [0.25, 0.3) is 10.0 Å². The summed E-state index contributed by atoms with van der Waals surface area (Å²) in [5.74, 6) is -0.951. The summed E-state index contributed by atoms with van der Waals surface area (Å²) < 4.78 is 25.6. The molecule has 0 saturated heterocycles. The van der Waals surface area contributed by atoms with E-state index in [2.05, 4.69) is 14.9 Å². The van der Waals surface area contributed by atoms with Gasteiger partial charge >= 0.3 is 5.97 Å². The standard InChI is InChI=1S/C8H13N3O4S/c1-6(2-3-8(12)13)11-16(14,15)7-4-5-9-10-7/h4-6,11H,2-3H2,1H3,(H,9,10)(H,12,13). The SMILES string of the molecule is CC(CCC(=O)O)NS(=O)(=O)c1ccn[nH]1. The fourth-order valence-electron chi connectivity index (χ4n) is 1.12. The van der Waals surface area contributed by atoms with Crippen molar-refractivity contribution in [1.82, 2.24) is 14.9 Å². The van der Waals surface area contributed by atoms with E-state index in [0.717, 1.165) is 0 Å². The lowest BCUT2D eigenvalue weighted by atomic mass is 10.2. The molecule has 0 amide bonds. The topological polar surface area (TPSA) is 112 Å². The highest BCUT2D eigenvalue weighted by atomic mass is 32.2. The molecule has 0 fully saturated rings. The van der Waals surface area contributed by atoms with Crippen LogP contribution in [-0.4, -0.2) is 35.7 Å². The van der Waals surface area contributed by atoms with Crippen LogP contribution in [0.1, 0.15) is 19.8 Å². The van der Waals surface area contributed by atoms with Crippen molar-refractivity contribution < 1.29 is 18.3 Å².